The van der Waals surface area contributed by atoms with E-state index in [1.54, 1.807) is 0 Å². The Morgan fingerprint density at radius 3 is 2.93 bits per heavy atom. The number of allylic oxidation sites excluding steroid dienone is 1. The van der Waals surface area contributed by atoms with Gasteiger partial charge in [-0.2, -0.15) is 0 Å². The van der Waals surface area contributed by atoms with Crippen molar-refractivity contribution in [2.45, 2.75) is 26.7 Å². The number of benzene rings is 1. The summed E-state index contributed by atoms with van der Waals surface area (Å²) in [5.74, 6) is 0. The standard InChI is InChI=1S/C14H19N/c1-12(2)9-11-15-10-5-7-13-6-3-4-8-14(13)15/h3-4,6,8-9H,5,7,10-11H2,1-2H3. The maximum absolute atomic E-state index is 2.48. The Morgan fingerprint density at radius 1 is 1.33 bits per heavy atom. The van der Waals surface area contributed by atoms with Crippen LogP contribution in [0.3, 0.4) is 0 Å². The summed E-state index contributed by atoms with van der Waals surface area (Å²) in [5.41, 5.74) is 4.34. The van der Waals surface area contributed by atoms with E-state index in [0.29, 0.717) is 0 Å². The van der Waals surface area contributed by atoms with Crippen LogP contribution in [0.2, 0.25) is 0 Å². The smallest absolute Gasteiger partial charge is 0.0401 e. The third kappa shape index (κ3) is 2.41. The molecular weight excluding hydrogens is 182 g/mol. The molecule has 0 saturated heterocycles. The van der Waals surface area contributed by atoms with Crippen LogP contribution in [-0.4, -0.2) is 13.1 Å². The fraction of sp³-hybridized carbons (Fsp3) is 0.429. The molecule has 1 heteroatoms. The summed E-state index contributed by atoms with van der Waals surface area (Å²) in [7, 11) is 0. The Bertz CT molecular complexity index is 361. The van der Waals surface area contributed by atoms with Crippen LogP contribution in [0.15, 0.2) is 35.9 Å². The number of fused-ring (bicyclic) bond motifs is 1. The van der Waals surface area contributed by atoms with Gasteiger partial charge in [-0.3, -0.25) is 0 Å². The molecule has 0 radical (unpaired) electrons. The average Bonchev–Trinajstić information content (AvgIpc) is 2.26. The molecule has 1 heterocycles. The van der Waals surface area contributed by atoms with Crippen LogP contribution in [0.25, 0.3) is 0 Å². The molecule has 0 fully saturated rings. The lowest BCUT2D eigenvalue weighted by Crippen LogP contribution is -2.29. The SMILES string of the molecule is CC(C)=CCN1CCCc2ccccc21. The molecule has 1 aliphatic heterocycles. The van der Waals surface area contributed by atoms with Crippen molar-refractivity contribution in [2.24, 2.45) is 0 Å². The number of nitrogens with zero attached hydrogens (tertiary/aromatic N) is 1. The number of hydrogen-bond donors (Lipinski definition) is 0. The Kier molecular flexibility index (Phi) is 3.10. The van der Waals surface area contributed by atoms with E-state index < -0.39 is 0 Å². The van der Waals surface area contributed by atoms with Crippen LogP contribution in [0, 0.1) is 0 Å². The molecule has 0 amide bonds. The summed E-state index contributed by atoms with van der Waals surface area (Å²) in [4.78, 5) is 2.48. The van der Waals surface area contributed by atoms with Gasteiger partial charge in [0.05, 0.1) is 0 Å². The molecule has 1 aliphatic rings. The van der Waals surface area contributed by atoms with Gasteiger partial charge >= 0.3 is 0 Å². The van der Waals surface area contributed by atoms with Gasteiger partial charge in [-0.25, -0.2) is 0 Å². The van der Waals surface area contributed by atoms with Gasteiger partial charge in [0.25, 0.3) is 0 Å². The van der Waals surface area contributed by atoms with Crippen molar-refractivity contribution in [3.8, 4) is 0 Å². The summed E-state index contributed by atoms with van der Waals surface area (Å²) in [6.45, 7) is 6.58. The highest BCUT2D eigenvalue weighted by Gasteiger charge is 2.14. The largest absolute Gasteiger partial charge is 0.368 e. The molecule has 0 atom stereocenters. The molecule has 0 aliphatic carbocycles. The van der Waals surface area contributed by atoms with Crippen molar-refractivity contribution < 1.29 is 0 Å². The highest BCUT2D eigenvalue weighted by molar-refractivity contribution is 5.55. The second kappa shape index (κ2) is 4.52. The Morgan fingerprint density at radius 2 is 2.13 bits per heavy atom. The van der Waals surface area contributed by atoms with Gasteiger partial charge in [-0.1, -0.05) is 29.8 Å². The van der Waals surface area contributed by atoms with E-state index in [4.69, 9.17) is 0 Å². The lowest BCUT2D eigenvalue weighted by molar-refractivity contribution is 0.721. The first-order valence-electron chi connectivity index (χ1n) is 5.73. The van der Waals surface area contributed by atoms with Crippen molar-refractivity contribution in [1.82, 2.24) is 0 Å². The third-order valence-corrected chi connectivity index (χ3v) is 2.93. The predicted octanol–water partition coefficient (Wildman–Crippen LogP) is 3.41. The molecule has 0 bridgehead atoms. The zero-order chi connectivity index (χ0) is 10.7. The number of hydrogen-bond acceptors (Lipinski definition) is 1. The van der Waals surface area contributed by atoms with E-state index >= 15 is 0 Å². The fourth-order valence-corrected chi connectivity index (χ4v) is 2.09. The molecular formula is C14H19N. The van der Waals surface area contributed by atoms with Gasteiger partial charge in [0.2, 0.25) is 0 Å². The van der Waals surface area contributed by atoms with E-state index in [1.165, 1.54) is 36.2 Å². The van der Waals surface area contributed by atoms with Gasteiger partial charge in [-0.05, 0) is 38.3 Å². The quantitative estimate of drug-likeness (QED) is 0.663. The fourth-order valence-electron chi connectivity index (χ4n) is 2.09. The van der Waals surface area contributed by atoms with Crippen LogP contribution in [0.5, 0.6) is 0 Å². The molecule has 1 aromatic carbocycles. The van der Waals surface area contributed by atoms with Crippen LogP contribution in [0.1, 0.15) is 25.8 Å². The first-order chi connectivity index (χ1) is 7.27. The molecule has 1 aromatic rings. The van der Waals surface area contributed by atoms with Gasteiger partial charge in [0, 0.05) is 18.8 Å². The van der Waals surface area contributed by atoms with E-state index in [-0.39, 0.29) is 0 Å². The van der Waals surface area contributed by atoms with Gasteiger partial charge in [0.15, 0.2) is 0 Å². The highest BCUT2D eigenvalue weighted by atomic mass is 15.1. The minimum Gasteiger partial charge on any atom is -0.368 e. The normalized spacial score (nSPS) is 14.7. The minimum atomic E-state index is 1.05. The zero-order valence-corrected chi connectivity index (χ0v) is 9.66. The number of para-hydroxylation sites is 1. The van der Waals surface area contributed by atoms with Crippen molar-refractivity contribution >= 4 is 5.69 Å². The molecule has 0 aromatic heterocycles. The topological polar surface area (TPSA) is 3.24 Å². The highest BCUT2D eigenvalue weighted by Crippen LogP contribution is 2.26. The molecule has 0 spiro atoms. The Balaban J connectivity index is 2.19. The maximum Gasteiger partial charge on any atom is 0.0401 e. The molecule has 1 nitrogen and oxygen atoms in total. The summed E-state index contributed by atoms with van der Waals surface area (Å²) in [5, 5.41) is 0. The summed E-state index contributed by atoms with van der Waals surface area (Å²) in [6, 6.07) is 8.78. The van der Waals surface area contributed by atoms with E-state index in [2.05, 4.69) is 49.1 Å². The van der Waals surface area contributed by atoms with Gasteiger partial charge < -0.3 is 4.90 Å². The molecule has 15 heavy (non-hydrogen) atoms. The molecule has 0 N–H and O–H groups in total. The third-order valence-electron chi connectivity index (χ3n) is 2.93. The monoisotopic (exact) mass is 201 g/mol. The molecule has 80 valence electrons. The average molecular weight is 201 g/mol. The number of anilines is 1. The second-order valence-corrected chi connectivity index (χ2v) is 4.46. The second-order valence-electron chi connectivity index (χ2n) is 4.46. The van der Waals surface area contributed by atoms with Crippen molar-refractivity contribution in [3.05, 3.63) is 41.5 Å². The van der Waals surface area contributed by atoms with Gasteiger partial charge in [-0.15, -0.1) is 0 Å². The number of rotatable bonds is 2. The zero-order valence-electron chi connectivity index (χ0n) is 9.66. The Hall–Kier alpha value is -1.24. The van der Waals surface area contributed by atoms with E-state index in [9.17, 15) is 0 Å². The minimum absolute atomic E-state index is 1.05. The lowest BCUT2D eigenvalue weighted by Gasteiger charge is -2.30. The predicted molar refractivity (Wildman–Crippen MR) is 66.4 cm³/mol. The van der Waals surface area contributed by atoms with Crippen LogP contribution in [0.4, 0.5) is 5.69 Å². The van der Waals surface area contributed by atoms with Crippen molar-refractivity contribution in [2.75, 3.05) is 18.0 Å². The van der Waals surface area contributed by atoms with Crippen molar-refractivity contribution in [1.29, 1.82) is 0 Å². The lowest BCUT2D eigenvalue weighted by atomic mass is 10.0. The van der Waals surface area contributed by atoms with Crippen LogP contribution >= 0.6 is 0 Å². The first kappa shape index (κ1) is 10.3. The van der Waals surface area contributed by atoms with Crippen molar-refractivity contribution in [3.63, 3.8) is 0 Å². The van der Waals surface area contributed by atoms with E-state index in [0.717, 1.165) is 6.54 Å². The first-order valence-corrected chi connectivity index (χ1v) is 5.73. The summed E-state index contributed by atoms with van der Waals surface area (Å²) < 4.78 is 0. The summed E-state index contributed by atoms with van der Waals surface area (Å²) in [6.07, 6.45) is 4.83. The maximum atomic E-state index is 2.48. The van der Waals surface area contributed by atoms with E-state index in [1.807, 2.05) is 0 Å². The number of aryl methyl sites for hydroxylation is 1. The summed E-state index contributed by atoms with van der Waals surface area (Å²) >= 11 is 0. The van der Waals surface area contributed by atoms with Crippen LogP contribution < -0.4 is 4.90 Å². The molecule has 0 saturated carbocycles. The Labute approximate surface area is 92.4 Å². The van der Waals surface area contributed by atoms with Crippen LogP contribution in [-0.2, 0) is 6.42 Å². The van der Waals surface area contributed by atoms with Gasteiger partial charge in [0.1, 0.15) is 0 Å². The molecule has 0 unspecified atom stereocenters. The molecule has 2 rings (SSSR count).